The second-order valence-electron chi connectivity index (χ2n) is 4.23. The van der Waals surface area contributed by atoms with Gasteiger partial charge in [0.1, 0.15) is 12.4 Å². The second-order valence-corrected chi connectivity index (χ2v) is 5.08. The summed E-state index contributed by atoms with van der Waals surface area (Å²) in [6, 6.07) is 12.3. The molecule has 0 radical (unpaired) electrons. The zero-order valence-corrected chi connectivity index (χ0v) is 12.4. The van der Waals surface area contributed by atoms with Gasteiger partial charge in [0, 0.05) is 17.2 Å². The molecule has 108 valence electrons. The molecule has 0 atom stereocenters. The van der Waals surface area contributed by atoms with Crippen LogP contribution in [0.25, 0.3) is 6.08 Å². The molecule has 0 saturated carbocycles. The highest BCUT2D eigenvalue weighted by atomic mass is 35.5. The van der Waals surface area contributed by atoms with Gasteiger partial charge in [0.05, 0.1) is 5.02 Å². The fourth-order valence-corrected chi connectivity index (χ4v) is 2.07. The standard InChI is InChI=1S/C16H12Cl2O3/c17-13-6-7-14(18)15(9-13)21-10-12-4-2-1-3-11(12)5-8-16(19)20/h1-9H,10H2,(H,19,20). The number of carboxylic acid groups (broad SMARTS) is 1. The first-order valence-corrected chi connectivity index (χ1v) is 6.88. The van der Waals surface area contributed by atoms with Gasteiger partial charge in [0.25, 0.3) is 0 Å². The molecule has 0 amide bonds. The van der Waals surface area contributed by atoms with Crippen molar-refractivity contribution in [2.24, 2.45) is 0 Å². The number of hydrogen-bond donors (Lipinski definition) is 1. The Bertz CT molecular complexity index is 681. The molecule has 2 aromatic rings. The van der Waals surface area contributed by atoms with E-state index in [9.17, 15) is 4.79 Å². The Balaban J connectivity index is 2.16. The van der Waals surface area contributed by atoms with E-state index in [-0.39, 0.29) is 6.61 Å². The van der Waals surface area contributed by atoms with Crippen LogP contribution in [0, 0.1) is 0 Å². The highest BCUT2D eigenvalue weighted by Gasteiger charge is 2.05. The number of halogens is 2. The number of rotatable bonds is 5. The largest absolute Gasteiger partial charge is 0.487 e. The van der Waals surface area contributed by atoms with Crippen molar-refractivity contribution in [2.75, 3.05) is 0 Å². The molecule has 0 aliphatic heterocycles. The SMILES string of the molecule is O=C(O)C=Cc1ccccc1COc1cc(Cl)ccc1Cl. The van der Waals surface area contributed by atoms with Crippen molar-refractivity contribution in [2.45, 2.75) is 6.61 Å². The fourth-order valence-electron chi connectivity index (χ4n) is 1.73. The van der Waals surface area contributed by atoms with Gasteiger partial charge in [0.15, 0.2) is 0 Å². The molecule has 3 nitrogen and oxygen atoms in total. The highest BCUT2D eigenvalue weighted by molar-refractivity contribution is 6.34. The molecule has 2 aromatic carbocycles. The van der Waals surface area contributed by atoms with Crippen LogP contribution in [0.2, 0.25) is 10.0 Å². The van der Waals surface area contributed by atoms with Crippen LogP contribution in [0.15, 0.2) is 48.5 Å². The molecular formula is C16H12Cl2O3. The van der Waals surface area contributed by atoms with Crippen LogP contribution in [0.4, 0.5) is 0 Å². The zero-order chi connectivity index (χ0) is 15.2. The number of aliphatic carboxylic acids is 1. The third kappa shape index (κ3) is 4.52. The summed E-state index contributed by atoms with van der Waals surface area (Å²) in [5, 5.41) is 9.70. The predicted molar refractivity (Wildman–Crippen MR) is 83.9 cm³/mol. The Kier molecular flexibility index (Phi) is 5.26. The minimum atomic E-state index is -0.997. The maximum absolute atomic E-state index is 10.6. The van der Waals surface area contributed by atoms with E-state index in [0.29, 0.717) is 15.8 Å². The molecule has 0 aliphatic rings. The van der Waals surface area contributed by atoms with Crippen LogP contribution >= 0.6 is 23.2 Å². The van der Waals surface area contributed by atoms with Crippen molar-refractivity contribution in [3.8, 4) is 5.75 Å². The molecule has 2 rings (SSSR count). The van der Waals surface area contributed by atoms with E-state index in [1.807, 2.05) is 24.3 Å². The molecule has 1 N–H and O–H groups in total. The van der Waals surface area contributed by atoms with Gasteiger partial charge in [-0.2, -0.15) is 0 Å². The molecule has 0 saturated heterocycles. The number of benzene rings is 2. The Hall–Kier alpha value is -1.97. The first-order chi connectivity index (χ1) is 10.1. The average molecular weight is 323 g/mol. The Morgan fingerprint density at radius 1 is 1.19 bits per heavy atom. The summed E-state index contributed by atoms with van der Waals surface area (Å²) in [6.45, 7) is 0.264. The number of ether oxygens (including phenoxy) is 1. The smallest absolute Gasteiger partial charge is 0.328 e. The first-order valence-electron chi connectivity index (χ1n) is 6.13. The fraction of sp³-hybridized carbons (Fsp3) is 0.0625. The summed E-state index contributed by atoms with van der Waals surface area (Å²) in [7, 11) is 0. The van der Waals surface area contributed by atoms with Crippen molar-refractivity contribution in [3.63, 3.8) is 0 Å². The molecule has 0 aromatic heterocycles. The van der Waals surface area contributed by atoms with Gasteiger partial charge in [-0.15, -0.1) is 0 Å². The van der Waals surface area contributed by atoms with Crippen LogP contribution < -0.4 is 4.74 Å². The lowest BCUT2D eigenvalue weighted by molar-refractivity contribution is -0.131. The quantitative estimate of drug-likeness (QED) is 0.813. The Morgan fingerprint density at radius 3 is 2.71 bits per heavy atom. The van der Waals surface area contributed by atoms with Gasteiger partial charge in [-0.1, -0.05) is 47.5 Å². The van der Waals surface area contributed by atoms with E-state index in [4.69, 9.17) is 33.0 Å². The molecule has 5 heteroatoms. The lowest BCUT2D eigenvalue weighted by Gasteiger charge is -2.10. The Morgan fingerprint density at radius 2 is 1.95 bits per heavy atom. The van der Waals surface area contributed by atoms with Crippen molar-refractivity contribution in [3.05, 3.63) is 69.7 Å². The number of hydrogen-bond acceptors (Lipinski definition) is 2. The molecule has 0 heterocycles. The van der Waals surface area contributed by atoms with Crippen molar-refractivity contribution in [1.82, 2.24) is 0 Å². The second kappa shape index (κ2) is 7.16. The lowest BCUT2D eigenvalue weighted by atomic mass is 10.1. The topological polar surface area (TPSA) is 46.5 Å². The molecule has 0 fully saturated rings. The molecule has 0 aliphatic carbocycles. The van der Waals surface area contributed by atoms with Crippen molar-refractivity contribution in [1.29, 1.82) is 0 Å². The van der Waals surface area contributed by atoms with E-state index in [1.165, 1.54) is 6.08 Å². The predicted octanol–water partition coefficient (Wildman–Crippen LogP) is 4.67. The summed E-state index contributed by atoms with van der Waals surface area (Å²) in [6.07, 6.45) is 2.62. The van der Waals surface area contributed by atoms with E-state index < -0.39 is 5.97 Å². The Labute approximate surface area is 132 Å². The molecular weight excluding hydrogens is 311 g/mol. The van der Waals surface area contributed by atoms with Gasteiger partial charge < -0.3 is 9.84 Å². The number of carbonyl (C=O) groups is 1. The van der Waals surface area contributed by atoms with Gasteiger partial charge >= 0.3 is 5.97 Å². The van der Waals surface area contributed by atoms with Crippen molar-refractivity contribution >= 4 is 35.2 Å². The van der Waals surface area contributed by atoms with Crippen molar-refractivity contribution < 1.29 is 14.6 Å². The molecule has 0 unspecified atom stereocenters. The van der Waals surface area contributed by atoms with E-state index >= 15 is 0 Å². The van der Waals surface area contributed by atoms with Crippen LogP contribution in [-0.2, 0) is 11.4 Å². The molecule has 21 heavy (non-hydrogen) atoms. The molecule has 0 bridgehead atoms. The van der Waals surface area contributed by atoms with Crippen LogP contribution in [0.1, 0.15) is 11.1 Å². The number of carboxylic acids is 1. The summed E-state index contributed by atoms with van der Waals surface area (Å²) in [5.74, 6) is -0.509. The summed E-state index contributed by atoms with van der Waals surface area (Å²) in [5.41, 5.74) is 1.63. The maximum atomic E-state index is 10.6. The lowest BCUT2D eigenvalue weighted by Crippen LogP contribution is -1.98. The zero-order valence-electron chi connectivity index (χ0n) is 10.9. The normalized spacial score (nSPS) is 10.8. The van der Waals surface area contributed by atoms with E-state index in [0.717, 1.165) is 17.2 Å². The first kappa shape index (κ1) is 15.4. The summed E-state index contributed by atoms with van der Waals surface area (Å²) >= 11 is 11.9. The highest BCUT2D eigenvalue weighted by Crippen LogP contribution is 2.28. The third-order valence-electron chi connectivity index (χ3n) is 2.74. The summed E-state index contributed by atoms with van der Waals surface area (Å²) < 4.78 is 5.65. The monoisotopic (exact) mass is 322 g/mol. The van der Waals surface area contributed by atoms with Crippen LogP contribution in [-0.4, -0.2) is 11.1 Å². The molecule has 0 spiro atoms. The maximum Gasteiger partial charge on any atom is 0.328 e. The average Bonchev–Trinajstić information content (AvgIpc) is 2.47. The summed E-state index contributed by atoms with van der Waals surface area (Å²) in [4.78, 5) is 10.6. The minimum Gasteiger partial charge on any atom is -0.487 e. The van der Waals surface area contributed by atoms with E-state index in [2.05, 4.69) is 0 Å². The third-order valence-corrected chi connectivity index (χ3v) is 3.28. The van der Waals surface area contributed by atoms with Crippen LogP contribution in [0.3, 0.4) is 0 Å². The van der Waals surface area contributed by atoms with Gasteiger partial charge in [-0.25, -0.2) is 4.79 Å². The minimum absolute atomic E-state index is 0.264. The van der Waals surface area contributed by atoms with E-state index in [1.54, 1.807) is 18.2 Å². The van der Waals surface area contributed by atoms with Gasteiger partial charge in [-0.3, -0.25) is 0 Å². The van der Waals surface area contributed by atoms with Crippen LogP contribution in [0.5, 0.6) is 5.75 Å². The van der Waals surface area contributed by atoms with Gasteiger partial charge in [-0.05, 0) is 29.3 Å². The van der Waals surface area contributed by atoms with Gasteiger partial charge in [0.2, 0.25) is 0 Å².